The molecule has 0 spiro atoms. The zero-order chi connectivity index (χ0) is 12.3. The Labute approximate surface area is 98.7 Å². The second kappa shape index (κ2) is 4.73. The molecule has 0 saturated heterocycles. The van der Waals surface area contributed by atoms with Gasteiger partial charge in [0.15, 0.2) is 0 Å². The highest BCUT2D eigenvalue weighted by Gasteiger charge is 2.20. The van der Waals surface area contributed by atoms with Crippen LogP contribution in [0.15, 0.2) is 30.9 Å². The van der Waals surface area contributed by atoms with Crippen LogP contribution in [0.5, 0.6) is 0 Å². The number of H-pyrrole nitrogens is 1. The third-order valence-corrected chi connectivity index (χ3v) is 2.69. The lowest BCUT2D eigenvalue weighted by Gasteiger charge is -2.23. The van der Waals surface area contributed by atoms with Gasteiger partial charge in [-0.25, -0.2) is 4.98 Å². The van der Waals surface area contributed by atoms with Crippen LogP contribution in [0.2, 0.25) is 0 Å². The summed E-state index contributed by atoms with van der Waals surface area (Å²) >= 11 is 0. The van der Waals surface area contributed by atoms with Crippen molar-refractivity contribution in [2.75, 3.05) is 7.05 Å². The first kappa shape index (κ1) is 11.3. The Morgan fingerprint density at radius 2 is 2.35 bits per heavy atom. The largest absolute Gasteiger partial charge is 0.332 e. The number of hydrogen-bond donors (Lipinski definition) is 1. The van der Waals surface area contributed by atoms with Gasteiger partial charge in [-0.3, -0.25) is 14.9 Å². The lowest BCUT2D eigenvalue weighted by atomic mass is 10.1. The summed E-state index contributed by atoms with van der Waals surface area (Å²) in [5.41, 5.74) is 0.975. The van der Waals surface area contributed by atoms with Crippen LogP contribution >= 0.6 is 0 Å². The van der Waals surface area contributed by atoms with Crippen molar-refractivity contribution in [3.05, 3.63) is 42.2 Å². The van der Waals surface area contributed by atoms with Gasteiger partial charge >= 0.3 is 0 Å². The molecule has 0 saturated carbocycles. The maximum atomic E-state index is 12.0. The summed E-state index contributed by atoms with van der Waals surface area (Å²) < 4.78 is 0. The number of nitrogens with one attached hydrogen (secondary N) is 1. The predicted octanol–water partition coefficient (Wildman–Crippen LogP) is 1.03. The van der Waals surface area contributed by atoms with Gasteiger partial charge in [-0.1, -0.05) is 6.07 Å². The molecule has 2 rings (SSSR count). The van der Waals surface area contributed by atoms with E-state index in [0.717, 1.165) is 5.56 Å². The van der Waals surface area contributed by atoms with Gasteiger partial charge in [0.25, 0.3) is 5.91 Å². The van der Waals surface area contributed by atoms with E-state index in [-0.39, 0.29) is 17.8 Å². The fourth-order valence-electron chi connectivity index (χ4n) is 1.50. The van der Waals surface area contributed by atoms with E-state index in [4.69, 9.17) is 0 Å². The Morgan fingerprint density at radius 3 is 2.94 bits per heavy atom. The molecule has 1 N–H and O–H groups in total. The van der Waals surface area contributed by atoms with Crippen LogP contribution in [0, 0.1) is 0 Å². The van der Waals surface area contributed by atoms with Gasteiger partial charge in [-0.05, 0) is 18.6 Å². The lowest BCUT2D eigenvalue weighted by Crippen LogP contribution is -2.30. The molecule has 6 nitrogen and oxygen atoms in total. The third-order valence-electron chi connectivity index (χ3n) is 2.69. The average Bonchev–Trinajstić information content (AvgIpc) is 2.91. The minimum atomic E-state index is -0.196. The Bertz CT molecular complexity index is 482. The Morgan fingerprint density at radius 1 is 1.53 bits per heavy atom. The molecule has 17 heavy (non-hydrogen) atoms. The number of amides is 1. The number of rotatable bonds is 3. The van der Waals surface area contributed by atoms with E-state index in [1.54, 1.807) is 24.3 Å². The standard InChI is InChI=1S/C11H13N5O/c1-8(9-4-3-5-12-6-9)16(2)11(17)10-13-7-14-15-10/h3-8H,1-2H3,(H,13,14,15)/t8-/m1/s1. The molecule has 1 atom stereocenters. The zero-order valence-corrected chi connectivity index (χ0v) is 9.66. The van der Waals surface area contributed by atoms with Crippen molar-refractivity contribution >= 4 is 5.91 Å². The molecule has 0 radical (unpaired) electrons. The maximum absolute atomic E-state index is 12.0. The van der Waals surface area contributed by atoms with Crippen LogP contribution in [0.3, 0.4) is 0 Å². The van der Waals surface area contributed by atoms with E-state index in [1.807, 2.05) is 19.1 Å². The number of aromatic nitrogens is 4. The Balaban J connectivity index is 2.15. The van der Waals surface area contributed by atoms with Crippen molar-refractivity contribution in [1.82, 2.24) is 25.1 Å². The molecule has 0 aliphatic rings. The molecule has 6 heteroatoms. The van der Waals surface area contributed by atoms with E-state index in [9.17, 15) is 4.79 Å². The topological polar surface area (TPSA) is 74.8 Å². The molecule has 0 aliphatic heterocycles. The molecule has 0 bridgehead atoms. The highest BCUT2D eigenvalue weighted by atomic mass is 16.2. The monoisotopic (exact) mass is 231 g/mol. The quantitative estimate of drug-likeness (QED) is 0.856. The second-order valence-electron chi connectivity index (χ2n) is 3.71. The molecular formula is C11H13N5O. The van der Waals surface area contributed by atoms with Crippen LogP contribution in [-0.4, -0.2) is 38.0 Å². The highest BCUT2D eigenvalue weighted by molar-refractivity contribution is 5.90. The van der Waals surface area contributed by atoms with Crippen molar-refractivity contribution in [3.63, 3.8) is 0 Å². The molecule has 2 heterocycles. The summed E-state index contributed by atoms with van der Waals surface area (Å²) in [6, 6.07) is 3.71. The van der Waals surface area contributed by atoms with Crippen molar-refractivity contribution in [2.45, 2.75) is 13.0 Å². The summed E-state index contributed by atoms with van der Waals surface area (Å²) in [4.78, 5) is 21.5. The maximum Gasteiger partial charge on any atom is 0.291 e. The second-order valence-corrected chi connectivity index (χ2v) is 3.71. The Hall–Kier alpha value is -2.24. The smallest absolute Gasteiger partial charge is 0.291 e. The van der Waals surface area contributed by atoms with Crippen molar-refractivity contribution in [1.29, 1.82) is 0 Å². The van der Waals surface area contributed by atoms with Gasteiger partial charge in [0.1, 0.15) is 6.33 Å². The van der Waals surface area contributed by atoms with Gasteiger partial charge in [-0.15, -0.1) is 0 Å². The number of aromatic amines is 1. The minimum Gasteiger partial charge on any atom is -0.332 e. The first-order valence-electron chi connectivity index (χ1n) is 5.22. The van der Waals surface area contributed by atoms with Gasteiger partial charge in [-0.2, -0.15) is 5.10 Å². The highest BCUT2D eigenvalue weighted by Crippen LogP contribution is 2.18. The number of carbonyl (C=O) groups excluding carboxylic acids is 1. The summed E-state index contributed by atoms with van der Waals surface area (Å²) in [5.74, 6) is 0.0436. The first-order chi connectivity index (χ1) is 8.20. The predicted molar refractivity (Wildman–Crippen MR) is 61.1 cm³/mol. The molecule has 0 fully saturated rings. The normalized spacial score (nSPS) is 12.1. The van der Waals surface area contributed by atoms with Crippen LogP contribution in [0.25, 0.3) is 0 Å². The first-order valence-corrected chi connectivity index (χ1v) is 5.22. The number of carbonyl (C=O) groups is 1. The average molecular weight is 231 g/mol. The summed E-state index contributed by atoms with van der Waals surface area (Å²) in [7, 11) is 1.72. The van der Waals surface area contributed by atoms with Crippen LogP contribution in [0.4, 0.5) is 0 Å². The van der Waals surface area contributed by atoms with Gasteiger partial charge in [0.05, 0.1) is 6.04 Å². The number of nitrogens with zero attached hydrogens (tertiary/aromatic N) is 4. The SMILES string of the molecule is C[C@H](c1cccnc1)N(C)C(=O)c1ncn[nH]1. The molecule has 0 unspecified atom stereocenters. The third kappa shape index (κ3) is 2.30. The summed E-state index contributed by atoms with van der Waals surface area (Å²) in [6.45, 7) is 1.94. The van der Waals surface area contributed by atoms with E-state index in [0.29, 0.717) is 0 Å². The molecule has 0 aliphatic carbocycles. The molecule has 0 aromatic carbocycles. The fraction of sp³-hybridized carbons (Fsp3) is 0.273. The van der Waals surface area contributed by atoms with Gasteiger partial charge in [0.2, 0.25) is 5.82 Å². The number of pyridine rings is 1. The minimum absolute atomic E-state index is 0.0682. The number of hydrogen-bond acceptors (Lipinski definition) is 4. The van der Waals surface area contributed by atoms with Crippen LogP contribution < -0.4 is 0 Å². The molecule has 2 aromatic rings. The van der Waals surface area contributed by atoms with E-state index in [1.165, 1.54) is 6.33 Å². The molecule has 1 amide bonds. The van der Waals surface area contributed by atoms with Crippen molar-refractivity contribution in [3.8, 4) is 0 Å². The van der Waals surface area contributed by atoms with Crippen molar-refractivity contribution < 1.29 is 4.79 Å². The molecule has 2 aromatic heterocycles. The summed E-state index contributed by atoms with van der Waals surface area (Å²) in [6.07, 6.45) is 4.76. The van der Waals surface area contributed by atoms with Crippen LogP contribution in [-0.2, 0) is 0 Å². The van der Waals surface area contributed by atoms with E-state index >= 15 is 0 Å². The summed E-state index contributed by atoms with van der Waals surface area (Å²) in [5, 5.41) is 6.22. The zero-order valence-electron chi connectivity index (χ0n) is 9.66. The van der Waals surface area contributed by atoms with Gasteiger partial charge in [0, 0.05) is 19.4 Å². The lowest BCUT2D eigenvalue weighted by molar-refractivity contribution is 0.0730. The van der Waals surface area contributed by atoms with Crippen LogP contribution in [0.1, 0.15) is 29.1 Å². The Kier molecular flexibility index (Phi) is 3.13. The fourth-order valence-corrected chi connectivity index (χ4v) is 1.50. The molecular weight excluding hydrogens is 218 g/mol. The van der Waals surface area contributed by atoms with E-state index in [2.05, 4.69) is 20.2 Å². The molecule has 88 valence electrons. The van der Waals surface area contributed by atoms with Crippen molar-refractivity contribution in [2.24, 2.45) is 0 Å². The van der Waals surface area contributed by atoms with Gasteiger partial charge < -0.3 is 4.90 Å². The van der Waals surface area contributed by atoms with E-state index < -0.39 is 0 Å².